The van der Waals surface area contributed by atoms with E-state index in [1.54, 1.807) is 6.92 Å². The molecule has 2 aromatic carbocycles. The number of carbonyl (C=O) groups excluding carboxylic acids is 2. The zero-order valence-corrected chi connectivity index (χ0v) is 20.3. The number of rotatable bonds is 11. The lowest BCUT2D eigenvalue weighted by Crippen LogP contribution is -2.44. The van der Waals surface area contributed by atoms with E-state index in [-0.39, 0.29) is 13.0 Å². The Balaban J connectivity index is 2.22. The third kappa shape index (κ3) is 8.01. The number of hydrogen-bond donors (Lipinski definition) is 4. The van der Waals surface area contributed by atoms with Crippen molar-refractivity contribution in [3.05, 3.63) is 60.2 Å². The van der Waals surface area contributed by atoms with Crippen LogP contribution in [-0.4, -0.2) is 52.6 Å². The molecule has 34 heavy (non-hydrogen) atoms. The van der Waals surface area contributed by atoms with Crippen molar-refractivity contribution in [2.24, 2.45) is 5.92 Å². The lowest BCUT2D eigenvalue weighted by molar-refractivity contribution is -0.141. The summed E-state index contributed by atoms with van der Waals surface area (Å²) in [7, 11) is -4.05. The average molecular weight is 490 g/mol. The Morgan fingerprint density at radius 2 is 1.56 bits per heavy atom. The molecule has 0 aromatic heterocycles. The maximum atomic E-state index is 13.0. The van der Waals surface area contributed by atoms with Gasteiger partial charge in [-0.3, -0.25) is 14.2 Å². The standard InChI is InChI=1S/C24H31N2O7P/c1-4-33-24(30)26-17(3)34(31,32)15-21(22(27)25-16(2)23(28)29)14-18-10-12-20(13-11-18)19-8-6-5-7-9-19/h5-13,16-17,21H,4,14-15H2,1-3H3,(H,25,27)(H,26,30)(H,28,29)(H,31,32). The maximum Gasteiger partial charge on any atom is 0.407 e. The first-order chi connectivity index (χ1) is 16.0. The van der Waals surface area contributed by atoms with Gasteiger partial charge in [-0.25, -0.2) is 4.79 Å². The molecule has 0 radical (unpaired) electrons. The second kappa shape index (κ2) is 12.3. The summed E-state index contributed by atoms with van der Waals surface area (Å²) in [6.45, 7) is 4.39. The van der Waals surface area contributed by atoms with Crippen LogP contribution in [0.25, 0.3) is 11.1 Å². The lowest BCUT2D eigenvalue weighted by atomic mass is 9.97. The van der Waals surface area contributed by atoms with Gasteiger partial charge in [-0.1, -0.05) is 54.6 Å². The van der Waals surface area contributed by atoms with Crippen LogP contribution in [0.15, 0.2) is 54.6 Å². The molecule has 2 amide bonds. The van der Waals surface area contributed by atoms with Crippen LogP contribution in [0.5, 0.6) is 0 Å². The molecule has 0 bridgehead atoms. The van der Waals surface area contributed by atoms with Gasteiger partial charge in [0.15, 0.2) is 0 Å². The minimum absolute atomic E-state index is 0.103. The third-order valence-electron chi connectivity index (χ3n) is 5.33. The molecule has 0 aliphatic carbocycles. The highest BCUT2D eigenvalue weighted by molar-refractivity contribution is 7.58. The first-order valence-corrected chi connectivity index (χ1v) is 12.9. The van der Waals surface area contributed by atoms with Crippen LogP contribution >= 0.6 is 7.37 Å². The molecule has 2 rings (SSSR count). The predicted molar refractivity (Wildman–Crippen MR) is 129 cm³/mol. The van der Waals surface area contributed by atoms with E-state index in [4.69, 9.17) is 9.84 Å². The van der Waals surface area contributed by atoms with Gasteiger partial charge >= 0.3 is 12.1 Å². The molecule has 0 aliphatic heterocycles. The summed E-state index contributed by atoms with van der Waals surface area (Å²) in [6, 6.07) is 16.0. The van der Waals surface area contributed by atoms with Crippen molar-refractivity contribution < 1.29 is 33.7 Å². The monoisotopic (exact) mass is 490 g/mol. The minimum Gasteiger partial charge on any atom is -0.480 e. The largest absolute Gasteiger partial charge is 0.480 e. The molecule has 0 heterocycles. The topological polar surface area (TPSA) is 142 Å². The Morgan fingerprint density at radius 1 is 0.971 bits per heavy atom. The molecule has 2 aromatic rings. The van der Waals surface area contributed by atoms with Crippen molar-refractivity contribution >= 4 is 25.3 Å². The molecule has 0 fully saturated rings. The summed E-state index contributed by atoms with van der Waals surface area (Å²) in [6.07, 6.45) is -1.16. The van der Waals surface area contributed by atoms with E-state index in [0.29, 0.717) is 0 Å². The zero-order valence-electron chi connectivity index (χ0n) is 19.4. The summed E-state index contributed by atoms with van der Waals surface area (Å²) in [5, 5.41) is 13.8. The molecule has 0 saturated carbocycles. The first-order valence-electron chi connectivity index (χ1n) is 11.0. The number of hydrogen-bond acceptors (Lipinski definition) is 5. The summed E-state index contributed by atoms with van der Waals surface area (Å²) in [5.41, 5.74) is 2.75. The minimum atomic E-state index is -4.05. The van der Waals surface area contributed by atoms with Crippen LogP contribution in [0, 0.1) is 5.92 Å². The van der Waals surface area contributed by atoms with Crippen LogP contribution in [-0.2, 0) is 25.3 Å². The van der Waals surface area contributed by atoms with Crippen molar-refractivity contribution in [1.82, 2.24) is 10.6 Å². The predicted octanol–water partition coefficient (Wildman–Crippen LogP) is 3.46. The van der Waals surface area contributed by atoms with Gasteiger partial charge in [0.25, 0.3) is 0 Å². The fourth-order valence-corrected chi connectivity index (χ4v) is 4.85. The quantitative estimate of drug-likeness (QED) is 0.353. The Hall–Kier alpha value is -3.16. The van der Waals surface area contributed by atoms with Gasteiger partial charge in [0, 0.05) is 6.16 Å². The van der Waals surface area contributed by atoms with Gasteiger partial charge in [0.05, 0.1) is 12.5 Å². The number of benzene rings is 2. The Bertz CT molecular complexity index is 1030. The van der Waals surface area contributed by atoms with Crippen LogP contribution in [0.4, 0.5) is 4.79 Å². The van der Waals surface area contributed by atoms with Gasteiger partial charge < -0.3 is 25.4 Å². The SMILES string of the molecule is CCOC(=O)NC(C)P(=O)(O)CC(Cc1ccc(-c2ccccc2)cc1)C(=O)NC(C)C(=O)O. The second-order valence-corrected chi connectivity index (χ2v) is 10.7. The van der Waals surface area contributed by atoms with E-state index in [2.05, 4.69) is 10.6 Å². The average Bonchev–Trinajstić information content (AvgIpc) is 2.79. The van der Waals surface area contributed by atoms with Crippen molar-refractivity contribution in [3.8, 4) is 11.1 Å². The Labute approximate surface area is 199 Å². The summed E-state index contributed by atoms with van der Waals surface area (Å²) < 4.78 is 17.8. The molecular weight excluding hydrogens is 459 g/mol. The number of nitrogens with one attached hydrogen (secondary N) is 2. The number of carboxylic acids is 1. The molecule has 4 atom stereocenters. The van der Waals surface area contributed by atoms with E-state index in [9.17, 15) is 23.8 Å². The molecule has 9 nitrogen and oxygen atoms in total. The van der Waals surface area contributed by atoms with Crippen LogP contribution in [0.2, 0.25) is 0 Å². The summed E-state index contributed by atoms with van der Waals surface area (Å²) >= 11 is 0. The van der Waals surface area contributed by atoms with Crippen LogP contribution in [0.3, 0.4) is 0 Å². The van der Waals surface area contributed by atoms with E-state index >= 15 is 0 Å². The number of amides is 2. The van der Waals surface area contributed by atoms with Crippen LogP contribution < -0.4 is 10.6 Å². The fraction of sp³-hybridized carbons (Fsp3) is 0.375. The number of carbonyl (C=O) groups is 3. The Morgan fingerprint density at radius 3 is 2.12 bits per heavy atom. The van der Waals surface area contributed by atoms with Gasteiger partial charge in [0.1, 0.15) is 11.8 Å². The molecular formula is C24H31N2O7P. The van der Waals surface area contributed by atoms with Crippen molar-refractivity contribution in [2.75, 3.05) is 12.8 Å². The Kier molecular flexibility index (Phi) is 9.83. The van der Waals surface area contributed by atoms with Gasteiger partial charge in [-0.15, -0.1) is 0 Å². The first kappa shape index (κ1) is 27.1. The normalized spacial score (nSPS) is 15.3. The molecule has 0 spiro atoms. The van der Waals surface area contributed by atoms with Crippen molar-refractivity contribution in [3.63, 3.8) is 0 Å². The third-order valence-corrected chi connectivity index (χ3v) is 7.64. The highest BCUT2D eigenvalue weighted by Crippen LogP contribution is 2.47. The van der Waals surface area contributed by atoms with Gasteiger partial charge in [-0.05, 0) is 43.9 Å². The van der Waals surface area contributed by atoms with Crippen molar-refractivity contribution in [1.29, 1.82) is 0 Å². The lowest BCUT2D eigenvalue weighted by Gasteiger charge is -2.25. The van der Waals surface area contributed by atoms with Gasteiger partial charge in [0.2, 0.25) is 13.3 Å². The number of alkyl carbamates (subject to hydrolysis) is 1. The summed E-state index contributed by atoms with van der Waals surface area (Å²) in [4.78, 5) is 46.3. The molecule has 184 valence electrons. The van der Waals surface area contributed by atoms with E-state index < -0.39 is 49.2 Å². The molecule has 4 N–H and O–H groups in total. The van der Waals surface area contributed by atoms with E-state index in [1.165, 1.54) is 13.8 Å². The number of aliphatic carboxylic acids is 1. The van der Waals surface area contributed by atoms with E-state index in [0.717, 1.165) is 16.7 Å². The second-order valence-electron chi connectivity index (χ2n) is 8.01. The maximum absolute atomic E-state index is 13.0. The molecule has 0 saturated heterocycles. The van der Waals surface area contributed by atoms with E-state index in [1.807, 2.05) is 54.6 Å². The molecule has 0 aliphatic rings. The fourth-order valence-electron chi connectivity index (χ4n) is 3.30. The number of ether oxygens (including phenoxy) is 1. The molecule has 4 unspecified atom stereocenters. The molecule has 10 heteroatoms. The number of carboxylic acid groups (broad SMARTS) is 1. The van der Waals surface area contributed by atoms with Gasteiger partial charge in [-0.2, -0.15) is 0 Å². The van der Waals surface area contributed by atoms with Crippen LogP contribution in [0.1, 0.15) is 26.3 Å². The summed E-state index contributed by atoms with van der Waals surface area (Å²) in [5.74, 6) is -4.02. The zero-order chi connectivity index (χ0) is 25.3. The highest BCUT2D eigenvalue weighted by atomic mass is 31.2. The smallest absolute Gasteiger partial charge is 0.407 e. The highest BCUT2D eigenvalue weighted by Gasteiger charge is 2.35. The van der Waals surface area contributed by atoms with Crippen molar-refractivity contribution in [2.45, 2.75) is 39.0 Å².